The molecule has 33 heavy (non-hydrogen) atoms. The number of hydrogen-bond acceptors (Lipinski definition) is 10. The van der Waals surface area contributed by atoms with Gasteiger partial charge < -0.3 is 14.2 Å². The Morgan fingerprint density at radius 1 is 1.15 bits per heavy atom. The Labute approximate surface area is 201 Å². The maximum absolute atomic E-state index is 5.92. The van der Waals surface area contributed by atoms with Crippen molar-refractivity contribution < 1.29 is 14.2 Å². The summed E-state index contributed by atoms with van der Waals surface area (Å²) in [5, 5.41) is 9.29. The fourth-order valence-corrected chi connectivity index (χ4v) is 4.54. The van der Waals surface area contributed by atoms with Crippen molar-refractivity contribution in [2.75, 3.05) is 26.1 Å². The number of halogens is 1. The maximum Gasteiger partial charge on any atom is 0.235 e. The average Bonchev–Trinajstić information content (AvgIpc) is 3.22. The van der Waals surface area contributed by atoms with Crippen LogP contribution in [0, 0.1) is 0 Å². The Kier molecular flexibility index (Phi) is 7.63. The average molecular weight is 492 g/mol. The van der Waals surface area contributed by atoms with Crippen LogP contribution >= 0.6 is 23.5 Å². The predicted molar refractivity (Wildman–Crippen MR) is 126 cm³/mol. The molecule has 176 valence electrons. The van der Waals surface area contributed by atoms with Crippen molar-refractivity contribution in [1.29, 1.82) is 0 Å². The van der Waals surface area contributed by atoms with Crippen LogP contribution < -0.4 is 9.46 Å². The number of anilines is 1. The van der Waals surface area contributed by atoms with Crippen molar-refractivity contribution in [3.63, 3.8) is 0 Å². The first-order chi connectivity index (χ1) is 16.0. The van der Waals surface area contributed by atoms with E-state index >= 15 is 0 Å². The monoisotopic (exact) mass is 491 g/mol. The molecule has 2 unspecified atom stereocenters. The molecule has 0 bridgehead atoms. The second-order valence-corrected chi connectivity index (χ2v) is 9.23. The van der Waals surface area contributed by atoms with Gasteiger partial charge in [0.15, 0.2) is 11.6 Å². The first-order valence-corrected chi connectivity index (χ1v) is 11.7. The molecule has 1 aliphatic rings. The lowest BCUT2D eigenvalue weighted by Crippen LogP contribution is -2.33. The highest BCUT2D eigenvalue weighted by molar-refractivity contribution is 8.01. The lowest BCUT2D eigenvalue weighted by atomic mass is 9.89. The molecule has 3 aromatic rings. The highest BCUT2D eigenvalue weighted by atomic mass is 35.5. The minimum Gasteiger partial charge on any atom is -0.481 e. The molecule has 1 fully saturated rings. The van der Waals surface area contributed by atoms with E-state index < -0.39 is 0 Å². The summed E-state index contributed by atoms with van der Waals surface area (Å²) in [7, 11) is 4.96. The van der Waals surface area contributed by atoms with Crippen LogP contribution in [0.3, 0.4) is 0 Å². The van der Waals surface area contributed by atoms with Gasteiger partial charge >= 0.3 is 0 Å². The second kappa shape index (κ2) is 10.6. The van der Waals surface area contributed by atoms with Crippen LogP contribution in [0.15, 0.2) is 30.6 Å². The molecule has 12 heteroatoms. The topological polar surface area (TPSA) is 109 Å². The molecule has 1 N–H and O–H groups in total. The zero-order valence-electron chi connectivity index (χ0n) is 18.8. The standard InChI is InChI=1S/C21H26ClN7O3S/c1-12(18(32-4)19-23-10-13(22)11-24-19)33-28-21-27-26-20(16-6-5-7-17(25-16)31-3)29(21)14-8-15(9-14)30-2/h5-7,10-12,14-15,18H,8-9H2,1-4H3,(H,27,28). The van der Waals surface area contributed by atoms with Crippen molar-refractivity contribution >= 4 is 29.5 Å². The summed E-state index contributed by atoms with van der Waals surface area (Å²) in [4.78, 5) is 13.1. The van der Waals surface area contributed by atoms with E-state index in [1.807, 2.05) is 19.1 Å². The number of nitrogens with one attached hydrogen (secondary N) is 1. The van der Waals surface area contributed by atoms with Crippen LogP contribution in [0.2, 0.25) is 5.02 Å². The lowest BCUT2D eigenvalue weighted by molar-refractivity contribution is 0.00718. The number of rotatable bonds is 10. The molecule has 3 heterocycles. The fraction of sp³-hybridized carbons (Fsp3) is 0.476. The summed E-state index contributed by atoms with van der Waals surface area (Å²) in [6.07, 6.45) is 4.76. The molecule has 0 spiro atoms. The summed E-state index contributed by atoms with van der Waals surface area (Å²) in [5.41, 5.74) is 0.693. The molecule has 4 rings (SSSR count). The maximum atomic E-state index is 5.92. The van der Waals surface area contributed by atoms with Crippen LogP contribution in [0.5, 0.6) is 5.88 Å². The third-order valence-electron chi connectivity index (χ3n) is 5.54. The van der Waals surface area contributed by atoms with Gasteiger partial charge in [0.2, 0.25) is 11.8 Å². The molecular weight excluding hydrogens is 466 g/mol. The van der Waals surface area contributed by atoms with Gasteiger partial charge in [-0.05, 0) is 37.8 Å². The molecule has 0 amide bonds. The Morgan fingerprint density at radius 3 is 2.58 bits per heavy atom. The van der Waals surface area contributed by atoms with E-state index in [1.165, 1.54) is 11.9 Å². The number of pyridine rings is 1. The fourth-order valence-electron chi connectivity index (χ4n) is 3.66. The Bertz CT molecular complexity index is 1060. The number of ether oxygens (including phenoxy) is 3. The zero-order chi connectivity index (χ0) is 23.4. The Morgan fingerprint density at radius 2 is 1.91 bits per heavy atom. The predicted octanol–water partition coefficient (Wildman–Crippen LogP) is 3.98. The molecule has 10 nitrogen and oxygen atoms in total. The molecule has 1 aliphatic carbocycles. The van der Waals surface area contributed by atoms with E-state index in [1.54, 1.807) is 39.8 Å². The van der Waals surface area contributed by atoms with Crippen molar-refractivity contribution in [3.8, 4) is 17.4 Å². The van der Waals surface area contributed by atoms with Crippen molar-refractivity contribution in [3.05, 3.63) is 41.4 Å². The van der Waals surface area contributed by atoms with E-state index in [2.05, 4.69) is 34.4 Å². The first kappa shape index (κ1) is 23.7. The van der Waals surface area contributed by atoms with Gasteiger partial charge in [0.05, 0.1) is 23.5 Å². The third-order valence-corrected chi connectivity index (χ3v) is 6.65. The van der Waals surface area contributed by atoms with Gasteiger partial charge in [-0.25, -0.2) is 15.0 Å². The highest BCUT2D eigenvalue weighted by Crippen LogP contribution is 2.40. The number of aromatic nitrogens is 6. The van der Waals surface area contributed by atoms with Gasteiger partial charge in [0, 0.05) is 38.7 Å². The van der Waals surface area contributed by atoms with E-state index in [4.69, 9.17) is 25.8 Å². The second-order valence-electron chi connectivity index (χ2n) is 7.61. The number of methoxy groups -OCH3 is 3. The molecule has 0 aromatic carbocycles. The lowest BCUT2D eigenvalue weighted by Gasteiger charge is -2.36. The van der Waals surface area contributed by atoms with Crippen LogP contribution in [0.25, 0.3) is 11.5 Å². The molecule has 0 saturated heterocycles. The minimum absolute atomic E-state index is 0.0344. The SMILES string of the molecule is COc1cccc(-c2nnc(NSC(C)C(OC)c3ncc(Cl)cn3)n2C2CC(OC)C2)n1. The molecule has 1 saturated carbocycles. The van der Waals surface area contributed by atoms with Gasteiger partial charge in [-0.3, -0.25) is 9.29 Å². The Hall–Kier alpha value is -2.47. The van der Waals surface area contributed by atoms with Gasteiger partial charge in [0.25, 0.3) is 0 Å². The molecule has 0 radical (unpaired) electrons. The van der Waals surface area contributed by atoms with E-state index in [-0.39, 0.29) is 23.5 Å². The van der Waals surface area contributed by atoms with E-state index in [9.17, 15) is 0 Å². The summed E-state index contributed by atoms with van der Waals surface area (Å²) < 4.78 is 21.9. The molecule has 3 aromatic heterocycles. The normalized spacial score (nSPS) is 19.5. The van der Waals surface area contributed by atoms with Gasteiger partial charge in [-0.1, -0.05) is 17.7 Å². The quantitative estimate of drug-likeness (QED) is 0.418. The number of hydrogen-bond donors (Lipinski definition) is 1. The largest absolute Gasteiger partial charge is 0.481 e. The minimum atomic E-state index is -0.336. The van der Waals surface area contributed by atoms with Crippen LogP contribution in [0.1, 0.15) is 37.7 Å². The summed E-state index contributed by atoms with van der Waals surface area (Å²) >= 11 is 7.38. The van der Waals surface area contributed by atoms with Crippen molar-refractivity contribution in [2.45, 2.75) is 43.3 Å². The first-order valence-electron chi connectivity index (χ1n) is 10.4. The van der Waals surface area contributed by atoms with Gasteiger partial charge in [0.1, 0.15) is 11.8 Å². The Balaban J connectivity index is 1.55. The van der Waals surface area contributed by atoms with Crippen LogP contribution in [0.4, 0.5) is 5.95 Å². The molecular formula is C21H26ClN7O3S. The van der Waals surface area contributed by atoms with E-state index in [0.717, 1.165) is 12.8 Å². The highest BCUT2D eigenvalue weighted by Gasteiger charge is 2.35. The summed E-state index contributed by atoms with van der Waals surface area (Å²) in [6.45, 7) is 2.03. The van der Waals surface area contributed by atoms with Gasteiger partial charge in [-0.15, -0.1) is 10.2 Å². The van der Waals surface area contributed by atoms with E-state index in [0.29, 0.717) is 34.2 Å². The number of nitrogens with zero attached hydrogens (tertiary/aromatic N) is 6. The molecule has 2 atom stereocenters. The van der Waals surface area contributed by atoms with Crippen molar-refractivity contribution in [2.24, 2.45) is 0 Å². The van der Waals surface area contributed by atoms with Crippen LogP contribution in [-0.2, 0) is 9.47 Å². The summed E-state index contributed by atoms with van der Waals surface area (Å²) in [5.74, 6) is 2.40. The van der Waals surface area contributed by atoms with Gasteiger partial charge in [-0.2, -0.15) is 0 Å². The summed E-state index contributed by atoms with van der Waals surface area (Å²) in [6, 6.07) is 5.78. The molecule has 0 aliphatic heterocycles. The van der Waals surface area contributed by atoms with Crippen molar-refractivity contribution in [1.82, 2.24) is 29.7 Å². The van der Waals surface area contributed by atoms with Crippen LogP contribution in [-0.4, -0.2) is 62.4 Å². The zero-order valence-corrected chi connectivity index (χ0v) is 20.4. The smallest absolute Gasteiger partial charge is 0.235 e. The third kappa shape index (κ3) is 5.21.